The fourth-order valence-corrected chi connectivity index (χ4v) is 8.57. The van der Waals surface area contributed by atoms with Crippen molar-refractivity contribution < 1.29 is 9.59 Å². The molecule has 3 aliphatic rings. The molecule has 0 radical (unpaired) electrons. The number of piperidine rings is 1. The molecule has 248 valence electrons. The molecule has 0 unspecified atom stereocenters. The summed E-state index contributed by atoms with van der Waals surface area (Å²) in [5.74, 6) is 1.15. The summed E-state index contributed by atoms with van der Waals surface area (Å²) in [6, 6.07) is 35.5. The molecule has 0 N–H and O–H groups in total. The fraction of sp³-hybridized carbons (Fsp3) is 0.366. The minimum atomic E-state index is -0.231. The van der Waals surface area contributed by atoms with E-state index in [1.54, 1.807) is 0 Å². The van der Waals surface area contributed by atoms with Gasteiger partial charge in [-0.05, 0) is 96.8 Å². The van der Waals surface area contributed by atoms with E-state index in [-0.39, 0.29) is 11.3 Å². The van der Waals surface area contributed by atoms with Crippen LogP contribution in [0.4, 0.5) is 0 Å². The van der Waals surface area contributed by atoms with Crippen LogP contribution in [0, 0.1) is 11.3 Å². The van der Waals surface area contributed by atoms with Crippen LogP contribution in [0.15, 0.2) is 108 Å². The van der Waals surface area contributed by atoms with Gasteiger partial charge in [-0.2, -0.15) is 0 Å². The van der Waals surface area contributed by atoms with Crippen molar-refractivity contribution in [2.24, 2.45) is 11.3 Å². The van der Waals surface area contributed by atoms with Gasteiger partial charge >= 0.3 is 0 Å². The van der Waals surface area contributed by atoms with Crippen LogP contribution in [0.3, 0.4) is 0 Å². The summed E-state index contributed by atoms with van der Waals surface area (Å²) in [6.07, 6.45) is 4.04. The van der Waals surface area contributed by atoms with E-state index in [9.17, 15) is 9.59 Å². The first-order valence-corrected chi connectivity index (χ1v) is 18.4. The van der Waals surface area contributed by atoms with Gasteiger partial charge in [0.1, 0.15) is 0 Å². The molecule has 7 heteroatoms. The lowest BCUT2D eigenvalue weighted by atomic mass is 9.76. The van der Waals surface area contributed by atoms with Crippen molar-refractivity contribution in [1.29, 1.82) is 0 Å². The molecule has 3 heterocycles. The Hall–Kier alpha value is -3.45. The average molecular weight is 725 g/mol. The normalized spacial score (nSPS) is 20.9. The van der Waals surface area contributed by atoms with Crippen molar-refractivity contribution in [3.8, 4) is 0 Å². The second kappa shape index (κ2) is 14.6. The first-order chi connectivity index (χ1) is 23.3. The van der Waals surface area contributed by atoms with E-state index >= 15 is 0 Å². The summed E-state index contributed by atoms with van der Waals surface area (Å²) in [5.41, 5.74) is 5.79. The maximum atomic E-state index is 13.9. The summed E-state index contributed by atoms with van der Waals surface area (Å²) in [7, 11) is 0. The standard InChI is InChI=1S/C41H43BrClN3O2/c42-36-15-13-31(14-16-36)23-30-9-11-32(12-10-30)26-45-22-19-41(40(45)48)17-20-44(21-18-41)27-35-28-46(29-38(35)34-6-2-1-3-7-34)39(47)25-33-5-4-8-37(43)24-33/h1-16,24,35,38H,17-23,25-29H2/t35-,38+/m0/s1. The van der Waals surface area contributed by atoms with Crippen LogP contribution in [0.25, 0.3) is 0 Å². The molecule has 0 aliphatic carbocycles. The highest BCUT2D eigenvalue weighted by molar-refractivity contribution is 9.10. The van der Waals surface area contributed by atoms with Crippen LogP contribution in [0.1, 0.15) is 53.0 Å². The lowest BCUT2D eigenvalue weighted by molar-refractivity contribution is -0.139. The van der Waals surface area contributed by atoms with Gasteiger partial charge in [0.15, 0.2) is 0 Å². The molecule has 1 spiro atoms. The van der Waals surface area contributed by atoms with Gasteiger partial charge in [-0.15, -0.1) is 0 Å². The lowest BCUT2D eigenvalue weighted by Gasteiger charge is -2.39. The van der Waals surface area contributed by atoms with Crippen LogP contribution < -0.4 is 0 Å². The first kappa shape index (κ1) is 33.1. The summed E-state index contributed by atoms with van der Waals surface area (Å²) in [6.45, 7) is 5.82. The zero-order chi connectivity index (χ0) is 33.1. The van der Waals surface area contributed by atoms with Crippen LogP contribution in [-0.2, 0) is 29.0 Å². The van der Waals surface area contributed by atoms with Crippen molar-refractivity contribution in [3.05, 3.63) is 140 Å². The van der Waals surface area contributed by atoms with Crippen molar-refractivity contribution in [2.75, 3.05) is 39.3 Å². The van der Waals surface area contributed by atoms with Gasteiger partial charge < -0.3 is 14.7 Å². The first-order valence-electron chi connectivity index (χ1n) is 17.2. The highest BCUT2D eigenvalue weighted by Gasteiger charge is 2.48. The zero-order valence-electron chi connectivity index (χ0n) is 27.4. The number of benzene rings is 4. The van der Waals surface area contributed by atoms with Crippen molar-refractivity contribution in [1.82, 2.24) is 14.7 Å². The number of carbonyl (C=O) groups excluding carboxylic acids is 2. The number of rotatable bonds is 9. The highest BCUT2D eigenvalue weighted by Crippen LogP contribution is 2.43. The van der Waals surface area contributed by atoms with Crippen LogP contribution in [0.2, 0.25) is 5.02 Å². The quantitative estimate of drug-likeness (QED) is 0.176. The number of carbonyl (C=O) groups is 2. The minimum absolute atomic E-state index is 0.161. The molecule has 3 aliphatic heterocycles. The zero-order valence-corrected chi connectivity index (χ0v) is 29.7. The Kier molecular flexibility index (Phi) is 10.0. The molecule has 3 fully saturated rings. The van der Waals surface area contributed by atoms with Gasteiger partial charge in [0, 0.05) is 48.1 Å². The molecule has 0 saturated carbocycles. The smallest absolute Gasteiger partial charge is 0.229 e. The molecule has 7 rings (SSSR count). The van der Waals surface area contributed by atoms with E-state index in [2.05, 4.69) is 109 Å². The van der Waals surface area contributed by atoms with Crippen molar-refractivity contribution in [2.45, 2.75) is 44.6 Å². The summed E-state index contributed by atoms with van der Waals surface area (Å²) in [5, 5.41) is 0.663. The van der Waals surface area contributed by atoms with E-state index in [1.807, 2.05) is 24.3 Å². The predicted octanol–water partition coefficient (Wildman–Crippen LogP) is 7.99. The number of hydrogen-bond donors (Lipinski definition) is 0. The third-order valence-electron chi connectivity index (χ3n) is 10.9. The molecular weight excluding hydrogens is 682 g/mol. The Morgan fingerprint density at radius 1 is 0.771 bits per heavy atom. The maximum absolute atomic E-state index is 13.9. The van der Waals surface area contributed by atoms with Gasteiger partial charge in [0.2, 0.25) is 11.8 Å². The van der Waals surface area contributed by atoms with Crippen LogP contribution in [-0.4, -0.2) is 65.8 Å². The molecule has 0 bridgehead atoms. The second-order valence-corrected chi connectivity index (χ2v) is 15.4. The monoisotopic (exact) mass is 723 g/mol. The van der Waals surface area contributed by atoms with Crippen LogP contribution in [0.5, 0.6) is 0 Å². The third-order valence-corrected chi connectivity index (χ3v) is 11.7. The number of hydrogen-bond acceptors (Lipinski definition) is 3. The molecule has 0 aromatic heterocycles. The minimum Gasteiger partial charge on any atom is -0.341 e. The van der Waals surface area contributed by atoms with Crippen molar-refractivity contribution in [3.63, 3.8) is 0 Å². The van der Waals surface area contributed by atoms with Crippen LogP contribution >= 0.6 is 27.5 Å². The molecule has 2 atom stereocenters. The largest absolute Gasteiger partial charge is 0.341 e. The topological polar surface area (TPSA) is 43.9 Å². The molecular formula is C41H43BrClN3O2. The molecule has 5 nitrogen and oxygen atoms in total. The number of likely N-dealkylation sites (tertiary alicyclic amines) is 3. The molecule has 2 amide bonds. The van der Waals surface area contributed by atoms with Gasteiger partial charge in [0.25, 0.3) is 0 Å². The highest BCUT2D eigenvalue weighted by atomic mass is 79.9. The maximum Gasteiger partial charge on any atom is 0.229 e. The average Bonchev–Trinajstić information content (AvgIpc) is 3.65. The second-order valence-electron chi connectivity index (χ2n) is 14.1. The fourth-order valence-electron chi connectivity index (χ4n) is 8.09. The summed E-state index contributed by atoms with van der Waals surface area (Å²) < 4.78 is 1.09. The molecule has 4 aromatic carbocycles. The molecule has 4 aromatic rings. The van der Waals surface area contributed by atoms with E-state index < -0.39 is 0 Å². The number of nitrogens with zero attached hydrogens (tertiary/aromatic N) is 3. The SMILES string of the molecule is O=C(Cc1cccc(Cl)c1)N1C[C@H](CN2CCC3(CC2)CCN(Cc2ccc(Cc4ccc(Br)cc4)cc2)C3=O)[C@@H](c2ccccc2)C1. The van der Waals surface area contributed by atoms with Crippen molar-refractivity contribution >= 4 is 39.3 Å². The Morgan fingerprint density at radius 2 is 1.44 bits per heavy atom. The number of amides is 2. The summed E-state index contributed by atoms with van der Waals surface area (Å²) >= 11 is 9.71. The van der Waals surface area contributed by atoms with E-state index in [0.717, 1.165) is 75.0 Å². The van der Waals surface area contributed by atoms with E-state index in [4.69, 9.17) is 11.6 Å². The summed E-state index contributed by atoms with van der Waals surface area (Å²) in [4.78, 5) is 34.0. The number of halogens is 2. The van der Waals surface area contributed by atoms with Gasteiger partial charge in [-0.3, -0.25) is 9.59 Å². The van der Waals surface area contributed by atoms with E-state index in [1.165, 1.54) is 22.3 Å². The molecule has 3 saturated heterocycles. The Bertz CT molecular complexity index is 1720. The predicted molar refractivity (Wildman–Crippen MR) is 196 cm³/mol. The van der Waals surface area contributed by atoms with Gasteiger partial charge in [-0.25, -0.2) is 0 Å². The molecule has 48 heavy (non-hydrogen) atoms. The third kappa shape index (κ3) is 7.56. The Balaban J connectivity index is 0.942. The Labute approximate surface area is 298 Å². The Morgan fingerprint density at radius 3 is 2.15 bits per heavy atom. The van der Waals surface area contributed by atoms with Gasteiger partial charge in [-0.1, -0.05) is 106 Å². The lowest BCUT2D eigenvalue weighted by Crippen LogP contribution is -2.46. The van der Waals surface area contributed by atoms with E-state index in [0.29, 0.717) is 35.7 Å². The van der Waals surface area contributed by atoms with Gasteiger partial charge in [0.05, 0.1) is 11.8 Å².